The summed E-state index contributed by atoms with van der Waals surface area (Å²) in [5.74, 6) is -1.68. The molecule has 10 heteroatoms. The van der Waals surface area contributed by atoms with Gasteiger partial charge < -0.3 is 24.3 Å². The summed E-state index contributed by atoms with van der Waals surface area (Å²) in [5.41, 5.74) is 0.755. The van der Waals surface area contributed by atoms with E-state index >= 15 is 0 Å². The second kappa shape index (κ2) is 10.2. The van der Waals surface area contributed by atoms with E-state index in [0.29, 0.717) is 23.1 Å². The van der Waals surface area contributed by atoms with Gasteiger partial charge in [0.05, 0.1) is 38.1 Å². The second-order valence-electron chi connectivity index (χ2n) is 7.03. The van der Waals surface area contributed by atoms with Gasteiger partial charge in [-0.1, -0.05) is 0 Å². The molecular formula is C23H24F2N2O6. The number of rotatable bonds is 8. The normalized spacial score (nSPS) is 15.8. The molecule has 0 radical (unpaired) electrons. The van der Waals surface area contributed by atoms with Gasteiger partial charge in [-0.25, -0.2) is 18.4 Å². The molecule has 3 rings (SSSR count). The van der Waals surface area contributed by atoms with Crippen LogP contribution in [0.2, 0.25) is 0 Å². The minimum absolute atomic E-state index is 0.0921. The average molecular weight is 462 g/mol. The van der Waals surface area contributed by atoms with Crippen LogP contribution in [-0.2, 0) is 9.53 Å². The van der Waals surface area contributed by atoms with Crippen LogP contribution in [0.4, 0.5) is 13.6 Å². The predicted octanol–water partition coefficient (Wildman–Crippen LogP) is 3.57. The lowest BCUT2D eigenvalue weighted by Gasteiger charge is -2.34. The van der Waals surface area contributed by atoms with Crippen LogP contribution < -0.4 is 19.5 Å². The quantitative estimate of drug-likeness (QED) is 0.604. The SMILES string of the molecule is CCOC(=O)C1=C(COc2ccc(F)cc2F)N(C)C(=O)N[C@H]1c1cc(OC)cc(OC)c1. The summed E-state index contributed by atoms with van der Waals surface area (Å²) >= 11 is 0. The van der Waals surface area contributed by atoms with Crippen molar-refractivity contribution in [3.63, 3.8) is 0 Å². The van der Waals surface area contributed by atoms with Gasteiger partial charge in [-0.3, -0.25) is 4.90 Å². The van der Waals surface area contributed by atoms with Crippen LogP contribution in [0.3, 0.4) is 0 Å². The lowest BCUT2D eigenvalue weighted by molar-refractivity contribution is -0.139. The summed E-state index contributed by atoms with van der Waals surface area (Å²) in [5, 5.41) is 2.76. The summed E-state index contributed by atoms with van der Waals surface area (Å²) in [6.45, 7) is 1.39. The van der Waals surface area contributed by atoms with Crippen LogP contribution in [0.1, 0.15) is 18.5 Å². The number of nitrogens with one attached hydrogen (secondary N) is 1. The topological polar surface area (TPSA) is 86.3 Å². The maximum Gasteiger partial charge on any atom is 0.338 e. The number of urea groups is 1. The van der Waals surface area contributed by atoms with E-state index in [9.17, 15) is 18.4 Å². The van der Waals surface area contributed by atoms with E-state index < -0.39 is 29.7 Å². The van der Waals surface area contributed by atoms with Gasteiger partial charge >= 0.3 is 12.0 Å². The molecule has 8 nitrogen and oxygen atoms in total. The first-order valence-electron chi connectivity index (χ1n) is 10.0. The Bertz CT molecular complexity index is 1070. The van der Waals surface area contributed by atoms with Crippen LogP contribution >= 0.6 is 0 Å². The number of ether oxygens (including phenoxy) is 4. The molecule has 0 spiro atoms. The van der Waals surface area contributed by atoms with Gasteiger partial charge in [-0.05, 0) is 36.8 Å². The number of likely N-dealkylation sites (N-methyl/N-ethyl adjacent to an activating group) is 1. The molecule has 0 aliphatic carbocycles. The van der Waals surface area contributed by atoms with Crippen molar-refractivity contribution >= 4 is 12.0 Å². The molecule has 1 N–H and O–H groups in total. The molecule has 0 saturated heterocycles. The minimum atomic E-state index is -0.923. The Morgan fingerprint density at radius 1 is 1.09 bits per heavy atom. The van der Waals surface area contributed by atoms with E-state index in [0.717, 1.165) is 12.1 Å². The van der Waals surface area contributed by atoms with Gasteiger partial charge in [-0.15, -0.1) is 0 Å². The van der Waals surface area contributed by atoms with E-state index in [2.05, 4.69) is 5.32 Å². The number of carbonyl (C=O) groups is 2. The third-order valence-corrected chi connectivity index (χ3v) is 5.04. The number of nitrogens with zero attached hydrogens (tertiary/aromatic N) is 1. The van der Waals surface area contributed by atoms with Crippen molar-refractivity contribution in [2.75, 3.05) is 34.5 Å². The fourth-order valence-electron chi connectivity index (χ4n) is 3.37. The first-order valence-corrected chi connectivity index (χ1v) is 10.0. The van der Waals surface area contributed by atoms with Gasteiger partial charge in [0, 0.05) is 19.2 Å². The number of hydrogen-bond donors (Lipinski definition) is 1. The molecule has 0 saturated carbocycles. The van der Waals surface area contributed by atoms with E-state index in [-0.39, 0.29) is 30.2 Å². The van der Waals surface area contributed by atoms with Crippen molar-refractivity contribution in [2.24, 2.45) is 0 Å². The fraction of sp³-hybridized carbons (Fsp3) is 0.304. The number of esters is 1. The van der Waals surface area contributed by atoms with Crippen molar-refractivity contribution in [3.8, 4) is 17.2 Å². The van der Waals surface area contributed by atoms with Crippen LogP contribution in [0.25, 0.3) is 0 Å². The molecule has 1 atom stereocenters. The van der Waals surface area contributed by atoms with Crippen molar-refractivity contribution < 1.29 is 37.3 Å². The molecular weight excluding hydrogens is 438 g/mol. The highest BCUT2D eigenvalue weighted by molar-refractivity contribution is 5.95. The lowest BCUT2D eigenvalue weighted by atomic mass is 9.94. The van der Waals surface area contributed by atoms with Crippen LogP contribution in [0.15, 0.2) is 47.7 Å². The molecule has 2 aromatic carbocycles. The lowest BCUT2D eigenvalue weighted by Crippen LogP contribution is -2.48. The zero-order valence-electron chi connectivity index (χ0n) is 18.6. The third kappa shape index (κ3) is 5.16. The molecule has 0 bridgehead atoms. The molecule has 0 unspecified atom stereocenters. The Labute approximate surface area is 189 Å². The molecule has 1 aliphatic heterocycles. The molecule has 1 heterocycles. The van der Waals surface area contributed by atoms with Crippen molar-refractivity contribution in [2.45, 2.75) is 13.0 Å². The summed E-state index contributed by atoms with van der Waals surface area (Å²) in [6.07, 6.45) is 0. The first-order chi connectivity index (χ1) is 15.8. The van der Waals surface area contributed by atoms with Crippen LogP contribution in [-0.4, -0.2) is 51.4 Å². The molecule has 176 valence electrons. The number of methoxy groups -OCH3 is 2. The van der Waals surface area contributed by atoms with E-state index in [4.69, 9.17) is 18.9 Å². The van der Waals surface area contributed by atoms with E-state index in [1.54, 1.807) is 25.1 Å². The smallest absolute Gasteiger partial charge is 0.338 e. The van der Waals surface area contributed by atoms with Gasteiger partial charge in [0.15, 0.2) is 11.6 Å². The van der Waals surface area contributed by atoms with Gasteiger partial charge in [0.2, 0.25) is 0 Å². The fourth-order valence-corrected chi connectivity index (χ4v) is 3.37. The highest BCUT2D eigenvalue weighted by Gasteiger charge is 2.37. The number of halogens is 2. The predicted molar refractivity (Wildman–Crippen MR) is 114 cm³/mol. The van der Waals surface area contributed by atoms with Crippen LogP contribution in [0, 0.1) is 11.6 Å². The molecule has 1 aliphatic rings. The Morgan fingerprint density at radius 2 is 1.76 bits per heavy atom. The summed E-state index contributed by atoms with van der Waals surface area (Å²) < 4.78 is 48.6. The number of hydrogen-bond acceptors (Lipinski definition) is 6. The maximum atomic E-state index is 14.1. The van der Waals surface area contributed by atoms with E-state index in [1.807, 2.05) is 0 Å². The number of carbonyl (C=O) groups excluding carboxylic acids is 2. The molecule has 33 heavy (non-hydrogen) atoms. The van der Waals surface area contributed by atoms with Crippen molar-refractivity contribution in [1.29, 1.82) is 0 Å². The zero-order chi connectivity index (χ0) is 24.1. The highest BCUT2D eigenvalue weighted by Crippen LogP contribution is 2.35. The first kappa shape index (κ1) is 23.8. The van der Waals surface area contributed by atoms with Gasteiger partial charge in [0.1, 0.15) is 23.9 Å². The molecule has 0 aromatic heterocycles. The average Bonchev–Trinajstić information content (AvgIpc) is 2.80. The Morgan fingerprint density at radius 3 is 2.33 bits per heavy atom. The standard InChI is InChI=1S/C23H24F2N2O6/c1-5-32-22(28)20-18(12-33-19-7-6-14(24)10-17(19)25)27(2)23(29)26-21(20)13-8-15(30-3)11-16(9-13)31-4/h6-11,21H,5,12H2,1-4H3,(H,26,29)/t21-/m0/s1. The van der Waals surface area contributed by atoms with Crippen molar-refractivity contribution in [1.82, 2.24) is 10.2 Å². The van der Waals surface area contributed by atoms with Gasteiger partial charge in [-0.2, -0.15) is 0 Å². The zero-order valence-corrected chi connectivity index (χ0v) is 18.6. The summed E-state index contributed by atoms with van der Waals surface area (Å²) in [6, 6.07) is 6.35. The Kier molecular flexibility index (Phi) is 7.37. The van der Waals surface area contributed by atoms with Crippen molar-refractivity contribution in [3.05, 3.63) is 64.9 Å². The maximum absolute atomic E-state index is 14.1. The largest absolute Gasteiger partial charge is 0.497 e. The summed E-state index contributed by atoms with van der Waals surface area (Å²) in [7, 11) is 4.39. The van der Waals surface area contributed by atoms with Gasteiger partial charge in [0.25, 0.3) is 0 Å². The minimum Gasteiger partial charge on any atom is -0.497 e. The number of amides is 2. The molecule has 2 amide bonds. The number of benzene rings is 2. The van der Waals surface area contributed by atoms with E-state index in [1.165, 1.54) is 26.2 Å². The monoisotopic (exact) mass is 462 g/mol. The van der Waals surface area contributed by atoms with Crippen LogP contribution in [0.5, 0.6) is 17.2 Å². The third-order valence-electron chi connectivity index (χ3n) is 5.04. The molecule has 0 fully saturated rings. The highest BCUT2D eigenvalue weighted by atomic mass is 19.1. The summed E-state index contributed by atoms with van der Waals surface area (Å²) in [4.78, 5) is 26.9. The Hall–Kier alpha value is -3.82. The molecule has 2 aromatic rings. The second-order valence-corrected chi connectivity index (χ2v) is 7.03. The Balaban J connectivity index is 2.09.